The number of hydrogen-bond acceptors (Lipinski definition) is 4. The largest absolute Gasteiger partial charge is 0.405 e. The van der Waals surface area contributed by atoms with Gasteiger partial charge < -0.3 is 15.0 Å². The quantitative estimate of drug-likeness (QED) is 0.381. The normalized spacial score (nSPS) is 14.9. The molecule has 152 valence electrons. The number of aliphatic imine (C=N–C) groups is 1. The number of hydrogen-bond donors (Lipinski definition) is 4. The Bertz CT molecular complexity index is 1230. The molecule has 0 saturated carbocycles. The van der Waals surface area contributed by atoms with Crippen LogP contribution in [0.15, 0.2) is 41.4 Å². The molecule has 0 bridgehead atoms. The van der Waals surface area contributed by atoms with E-state index in [1.165, 1.54) is 30.3 Å². The van der Waals surface area contributed by atoms with Gasteiger partial charge in [-0.05, 0) is 42.0 Å². The maximum absolute atomic E-state index is 14.3. The molecule has 0 aliphatic carbocycles. The summed E-state index contributed by atoms with van der Waals surface area (Å²) in [7, 11) is 0. The minimum atomic E-state index is -1.15. The number of carbonyl (C=O) groups excluding carboxylic acids is 1. The first-order valence-electron chi connectivity index (χ1n) is 8.82. The molecule has 0 spiro atoms. The average molecular weight is 413 g/mol. The van der Waals surface area contributed by atoms with Gasteiger partial charge in [-0.25, -0.2) is 18.6 Å². The minimum absolute atomic E-state index is 0.0383. The van der Waals surface area contributed by atoms with Gasteiger partial charge in [0.1, 0.15) is 11.5 Å². The van der Waals surface area contributed by atoms with Crippen molar-refractivity contribution in [1.29, 1.82) is 10.8 Å². The van der Waals surface area contributed by atoms with Gasteiger partial charge in [-0.15, -0.1) is 0 Å². The van der Waals surface area contributed by atoms with E-state index in [4.69, 9.17) is 15.6 Å². The molecule has 2 heterocycles. The lowest BCUT2D eigenvalue weighted by molar-refractivity contribution is -0.113. The third kappa shape index (κ3) is 3.43. The Morgan fingerprint density at radius 3 is 2.47 bits per heavy atom. The van der Waals surface area contributed by atoms with E-state index in [2.05, 4.69) is 15.3 Å². The van der Waals surface area contributed by atoms with Gasteiger partial charge in [0.2, 0.25) is 5.90 Å². The van der Waals surface area contributed by atoms with Crippen molar-refractivity contribution in [1.82, 2.24) is 10.3 Å². The molecule has 1 aliphatic rings. The van der Waals surface area contributed by atoms with Gasteiger partial charge in [0, 0.05) is 18.4 Å². The Hall–Kier alpha value is -3.95. The van der Waals surface area contributed by atoms with Crippen molar-refractivity contribution in [2.75, 3.05) is 6.54 Å². The second kappa shape index (κ2) is 7.47. The summed E-state index contributed by atoms with van der Waals surface area (Å²) >= 11 is 0. The number of ether oxygens (including phenoxy) is 1. The molecule has 1 amide bonds. The number of aromatic nitrogens is 1. The molecule has 0 atom stereocenters. The number of carbonyl (C=O) groups is 1. The van der Waals surface area contributed by atoms with Gasteiger partial charge in [-0.1, -0.05) is 0 Å². The van der Waals surface area contributed by atoms with Crippen molar-refractivity contribution in [2.45, 2.75) is 6.42 Å². The number of amidine groups is 1. The van der Waals surface area contributed by atoms with Gasteiger partial charge in [0.15, 0.2) is 11.6 Å². The smallest absolute Gasteiger partial charge is 0.316 e. The third-order valence-electron chi connectivity index (χ3n) is 4.57. The van der Waals surface area contributed by atoms with Crippen LogP contribution in [0.25, 0.3) is 22.2 Å². The van der Waals surface area contributed by atoms with Gasteiger partial charge >= 0.3 is 6.02 Å². The fourth-order valence-electron chi connectivity index (χ4n) is 3.18. The number of amides is 1. The lowest BCUT2D eigenvalue weighted by Gasteiger charge is -2.08. The standard InChI is InChI=1S/C20H14F3N5O2/c21-10-3-1-9(2-4-10)16-14(11-5-6-12(22)15(23)17(11)28-16)18(24)30-20(25)27-13-7-8-26-19(13)29/h1-6,24-25,28H,7-8H2,(H,26,29)/b24-18?,25-20?,27-13+. The highest BCUT2D eigenvalue weighted by Gasteiger charge is 2.24. The number of nitrogens with zero attached hydrogens (tertiary/aromatic N) is 1. The predicted octanol–water partition coefficient (Wildman–Crippen LogP) is 3.49. The van der Waals surface area contributed by atoms with Crippen molar-refractivity contribution in [3.63, 3.8) is 0 Å². The third-order valence-corrected chi connectivity index (χ3v) is 4.57. The lowest BCUT2D eigenvalue weighted by Crippen LogP contribution is -2.20. The SMILES string of the molecule is N=C(/N=C1\CCNC1=O)OC(=N)c1c(-c2ccc(F)cc2)[nH]c2c(F)c(F)ccc12. The molecule has 3 aromatic rings. The second-order valence-electron chi connectivity index (χ2n) is 6.47. The van der Waals surface area contributed by atoms with Crippen LogP contribution in [0, 0.1) is 28.3 Å². The first-order chi connectivity index (χ1) is 14.3. The minimum Gasteiger partial charge on any atom is -0.405 e. The maximum Gasteiger partial charge on any atom is 0.316 e. The van der Waals surface area contributed by atoms with E-state index in [0.29, 0.717) is 18.5 Å². The molecular formula is C20H14F3N5O2. The van der Waals surface area contributed by atoms with Crippen LogP contribution in [0.3, 0.4) is 0 Å². The number of nitrogens with one attached hydrogen (secondary N) is 4. The van der Waals surface area contributed by atoms with Gasteiger partial charge in [-0.2, -0.15) is 4.99 Å². The van der Waals surface area contributed by atoms with E-state index in [1.807, 2.05) is 0 Å². The summed E-state index contributed by atoms with van der Waals surface area (Å²) in [5.41, 5.74) is 0.503. The zero-order valence-corrected chi connectivity index (χ0v) is 15.3. The Morgan fingerprint density at radius 1 is 1.07 bits per heavy atom. The van der Waals surface area contributed by atoms with Gasteiger partial charge in [-0.3, -0.25) is 10.2 Å². The highest BCUT2D eigenvalue weighted by atomic mass is 19.2. The monoisotopic (exact) mass is 413 g/mol. The van der Waals surface area contributed by atoms with E-state index in [0.717, 1.165) is 6.07 Å². The number of fused-ring (bicyclic) bond motifs is 1. The fraction of sp³-hybridized carbons (Fsp3) is 0.100. The number of benzene rings is 2. The first-order valence-corrected chi connectivity index (χ1v) is 8.82. The summed E-state index contributed by atoms with van der Waals surface area (Å²) in [6, 6.07) is 6.64. The van der Waals surface area contributed by atoms with Crippen LogP contribution in [0.5, 0.6) is 0 Å². The molecule has 1 aliphatic heterocycles. The van der Waals surface area contributed by atoms with Crippen LogP contribution in [-0.4, -0.2) is 35.1 Å². The summed E-state index contributed by atoms with van der Waals surface area (Å²) in [6.07, 6.45) is 0.316. The van der Waals surface area contributed by atoms with Crippen molar-refractivity contribution < 1.29 is 22.7 Å². The lowest BCUT2D eigenvalue weighted by atomic mass is 10.0. The highest BCUT2D eigenvalue weighted by molar-refractivity contribution is 6.42. The molecule has 7 nitrogen and oxygen atoms in total. The molecule has 0 radical (unpaired) electrons. The molecule has 1 aromatic heterocycles. The zero-order chi connectivity index (χ0) is 21.4. The number of H-pyrrole nitrogens is 1. The van der Waals surface area contributed by atoms with E-state index >= 15 is 0 Å². The number of rotatable bonds is 2. The summed E-state index contributed by atoms with van der Waals surface area (Å²) in [5.74, 6) is -3.72. The number of halogens is 3. The predicted molar refractivity (Wildman–Crippen MR) is 104 cm³/mol. The Balaban J connectivity index is 1.78. The summed E-state index contributed by atoms with van der Waals surface area (Å²) in [5, 5.41) is 18.8. The zero-order valence-electron chi connectivity index (χ0n) is 15.3. The van der Waals surface area contributed by atoms with Gasteiger partial charge in [0.25, 0.3) is 5.91 Å². The van der Waals surface area contributed by atoms with E-state index in [-0.39, 0.29) is 27.9 Å². The van der Waals surface area contributed by atoms with Gasteiger partial charge in [0.05, 0.1) is 16.8 Å². The Morgan fingerprint density at radius 2 is 1.80 bits per heavy atom. The molecule has 4 rings (SSSR count). The fourth-order valence-corrected chi connectivity index (χ4v) is 3.18. The Labute approximate surface area is 167 Å². The van der Waals surface area contributed by atoms with Crippen LogP contribution in [-0.2, 0) is 9.53 Å². The molecule has 1 fully saturated rings. The van der Waals surface area contributed by atoms with Crippen molar-refractivity contribution in [3.8, 4) is 11.3 Å². The van der Waals surface area contributed by atoms with Crippen molar-refractivity contribution >= 4 is 34.4 Å². The van der Waals surface area contributed by atoms with E-state index in [1.54, 1.807) is 0 Å². The molecule has 0 unspecified atom stereocenters. The van der Waals surface area contributed by atoms with E-state index < -0.39 is 35.3 Å². The molecule has 10 heteroatoms. The molecule has 1 saturated heterocycles. The van der Waals surface area contributed by atoms with Crippen LogP contribution < -0.4 is 5.32 Å². The van der Waals surface area contributed by atoms with Crippen LogP contribution in [0.2, 0.25) is 0 Å². The van der Waals surface area contributed by atoms with Crippen LogP contribution >= 0.6 is 0 Å². The summed E-state index contributed by atoms with van der Waals surface area (Å²) in [4.78, 5) is 18.1. The summed E-state index contributed by atoms with van der Waals surface area (Å²) in [6.45, 7) is 0.393. The topological polar surface area (TPSA) is 114 Å². The molecular weight excluding hydrogens is 399 g/mol. The molecule has 4 N–H and O–H groups in total. The second-order valence-corrected chi connectivity index (χ2v) is 6.47. The van der Waals surface area contributed by atoms with E-state index in [9.17, 15) is 18.0 Å². The first kappa shape index (κ1) is 19.4. The summed E-state index contributed by atoms with van der Waals surface area (Å²) < 4.78 is 46.5. The van der Waals surface area contributed by atoms with Crippen molar-refractivity contribution in [2.24, 2.45) is 4.99 Å². The van der Waals surface area contributed by atoms with Crippen LogP contribution in [0.4, 0.5) is 13.2 Å². The van der Waals surface area contributed by atoms with Crippen LogP contribution in [0.1, 0.15) is 12.0 Å². The van der Waals surface area contributed by atoms with Crippen molar-refractivity contribution in [3.05, 3.63) is 59.4 Å². The molecule has 2 aromatic carbocycles. The molecule has 30 heavy (non-hydrogen) atoms. The Kier molecular flexibility index (Phi) is 4.82. The maximum atomic E-state index is 14.3. The average Bonchev–Trinajstić information content (AvgIpc) is 3.29. The highest BCUT2D eigenvalue weighted by Crippen LogP contribution is 2.33. The number of aromatic amines is 1.